The van der Waals surface area contributed by atoms with Gasteiger partial charge in [0.05, 0.1) is 25.9 Å². The molecule has 0 heterocycles. The van der Waals surface area contributed by atoms with Gasteiger partial charge in [-0.2, -0.15) is 0 Å². The molecule has 7 heteroatoms. The third kappa shape index (κ3) is 6.94. The number of nitrogens with one attached hydrogen (secondary N) is 2. The van der Waals surface area contributed by atoms with Gasteiger partial charge in [0, 0.05) is 6.54 Å². The number of methoxy groups -OCH3 is 1. The van der Waals surface area contributed by atoms with Crippen molar-refractivity contribution < 1.29 is 19.0 Å². The van der Waals surface area contributed by atoms with Gasteiger partial charge in [-0.25, -0.2) is 0 Å². The fourth-order valence-electron chi connectivity index (χ4n) is 2.54. The summed E-state index contributed by atoms with van der Waals surface area (Å²) in [4.78, 5) is 12.5. The van der Waals surface area contributed by atoms with Crippen LogP contribution in [0.5, 0.6) is 17.2 Å². The zero-order chi connectivity index (χ0) is 21.1. The molecule has 2 aromatic rings. The fourth-order valence-corrected chi connectivity index (χ4v) is 2.71. The molecule has 0 aliphatic heterocycles. The lowest BCUT2D eigenvalue weighted by atomic mass is 10.2. The standard InChI is InChI=1S/C22H28N2O4S/c1-4-12-27-18-9-7-6-8-17(18)21(25)24-22(29)23-15-16-10-11-19(28-13-5-2)20(14-16)26-3/h6-11,14H,4-5,12-13,15H2,1-3H3,(H2,23,24,25,29). The van der Waals surface area contributed by atoms with E-state index in [1.54, 1.807) is 25.3 Å². The topological polar surface area (TPSA) is 68.8 Å². The third-order valence-electron chi connectivity index (χ3n) is 3.96. The van der Waals surface area contributed by atoms with Gasteiger partial charge in [-0.3, -0.25) is 10.1 Å². The van der Waals surface area contributed by atoms with Crippen molar-refractivity contribution in [1.29, 1.82) is 0 Å². The normalized spacial score (nSPS) is 10.2. The van der Waals surface area contributed by atoms with Crippen LogP contribution < -0.4 is 24.8 Å². The van der Waals surface area contributed by atoms with Crippen molar-refractivity contribution >= 4 is 23.2 Å². The molecule has 29 heavy (non-hydrogen) atoms. The molecule has 0 spiro atoms. The molecule has 156 valence electrons. The predicted molar refractivity (Wildman–Crippen MR) is 118 cm³/mol. The summed E-state index contributed by atoms with van der Waals surface area (Å²) in [7, 11) is 1.61. The van der Waals surface area contributed by atoms with Crippen LogP contribution in [0.3, 0.4) is 0 Å². The minimum absolute atomic E-state index is 0.241. The quantitative estimate of drug-likeness (QED) is 0.569. The maximum absolute atomic E-state index is 12.5. The lowest BCUT2D eigenvalue weighted by Gasteiger charge is -2.14. The summed E-state index contributed by atoms with van der Waals surface area (Å²) in [6.45, 7) is 5.69. The van der Waals surface area contributed by atoms with Gasteiger partial charge in [-0.05, 0) is 54.9 Å². The van der Waals surface area contributed by atoms with Gasteiger partial charge in [0.2, 0.25) is 0 Å². The molecule has 0 saturated heterocycles. The Morgan fingerprint density at radius 3 is 2.34 bits per heavy atom. The van der Waals surface area contributed by atoms with E-state index in [9.17, 15) is 4.79 Å². The lowest BCUT2D eigenvalue weighted by molar-refractivity contribution is 0.0972. The second-order valence-electron chi connectivity index (χ2n) is 6.32. The molecule has 2 rings (SSSR count). The van der Waals surface area contributed by atoms with Crippen molar-refractivity contribution in [3.05, 3.63) is 53.6 Å². The Morgan fingerprint density at radius 2 is 1.66 bits per heavy atom. The summed E-state index contributed by atoms with van der Waals surface area (Å²) in [6.07, 6.45) is 1.79. The first-order valence-electron chi connectivity index (χ1n) is 9.69. The van der Waals surface area contributed by atoms with E-state index in [2.05, 4.69) is 10.6 Å². The predicted octanol–water partition coefficient (Wildman–Crippen LogP) is 4.08. The molecule has 0 aliphatic carbocycles. The van der Waals surface area contributed by atoms with E-state index in [1.165, 1.54) is 0 Å². The third-order valence-corrected chi connectivity index (χ3v) is 4.21. The first-order valence-corrected chi connectivity index (χ1v) is 10.1. The van der Waals surface area contributed by atoms with E-state index >= 15 is 0 Å². The second-order valence-corrected chi connectivity index (χ2v) is 6.72. The molecule has 0 aromatic heterocycles. The van der Waals surface area contributed by atoms with Crippen LogP contribution in [0.15, 0.2) is 42.5 Å². The number of benzene rings is 2. The summed E-state index contributed by atoms with van der Waals surface area (Å²) in [5.74, 6) is 1.60. The molecule has 0 bridgehead atoms. The fraction of sp³-hybridized carbons (Fsp3) is 0.364. The van der Waals surface area contributed by atoms with Crippen LogP contribution in [0, 0.1) is 0 Å². The summed E-state index contributed by atoms with van der Waals surface area (Å²) in [5, 5.41) is 5.98. The lowest BCUT2D eigenvalue weighted by Crippen LogP contribution is -2.39. The molecule has 0 atom stereocenters. The summed E-state index contributed by atoms with van der Waals surface area (Å²) in [6, 6.07) is 12.8. The average molecular weight is 417 g/mol. The SMILES string of the molecule is CCCOc1ccc(CNC(=S)NC(=O)c2ccccc2OCCC)cc1OC. The van der Waals surface area contributed by atoms with Crippen molar-refractivity contribution in [2.45, 2.75) is 33.2 Å². The second kappa shape index (κ2) is 11.9. The Balaban J connectivity index is 1.94. The number of thiocarbonyl (C=S) groups is 1. The van der Waals surface area contributed by atoms with Crippen LogP contribution in [0.1, 0.15) is 42.6 Å². The monoisotopic (exact) mass is 416 g/mol. The van der Waals surface area contributed by atoms with E-state index < -0.39 is 0 Å². The number of para-hydroxylation sites is 1. The Morgan fingerprint density at radius 1 is 0.966 bits per heavy atom. The minimum Gasteiger partial charge on any atom is -0.493 e. The molecule has 0 fully saturated rings. The van der Waals surface area contributed by atoms with E-state index in [4.69, 9.17) is 26.4 Å². The molecular formula is C22H28N2O4S. The highest BCUT2D eigenvalue weighted by atomic mass is 32.1. The van der Waals surface area contributed by atoms with Gasteiger partial charge in [0.25, 0.3) is 5.91 Å². The van der Waals surface area contributed by atoms with E-state index in [1.807, 2.05) is 38.1 Å². The molecule has 0 unspecified atom stereocenters. The first kappa shape index (κ1) is 22.5. The highest BCUT2D eigenvalue weighted by Crippen LogP contribution is 2.28. The van der Waals surface area contributed by atoms with E-state index in [0.29, 0.717) is 42.6 Å². The Bertz CT molecular complexity index is 826. The van der Waals surface area contributed by atoms with Crippen molar-refractivity contribution in [3.8, 4) is 17.2 Å². The van der Waals surface area contributed by atoms with Crippen molar-refractivity contribution in [2.75, 3.05) is 20.3 Å². The molecule has 0 radical (unpaired) electrons. The summed E-state index contributed by atoms with van der Waals surface area (Å²) >= 11 is 5.26. The Kier molecular flexibility index (Phi) is 9.24. The van der Waals surface area contributed by atoms with Gasteiger partial charge >= 0.3 is 0 Å². The molecule has 0 aliphatic rings. The van der Waals surface area contributed by atoms with Gasteiger partial charge in [0.15, 0.2) is 16.6 Å². The van der Waals surface area contributed by atoms with Crippen LogP contribution in [-0.2, 0) is 6.54 Å². The molecular weight excluding hydrogens is 388 g/mol. The highest BCUT2D eigenvalue weighted by molar-refractivity contribution is 7.80. The molecule has 0 saturated carbocycles. The van der Waals surface area contributed by atoms with Crippen molar-refractivity contribution in [3.63, 3.8) is 0 Å². The average Bonchev–Trinajstić information content (AvgIpc) is 2.75. The van der Waals surface area contributed by atoms with Gasteiger partial charge in [0.1, 0.15) is 5.75 Å². The van der Waals surface area contributed by atoms with Crippen LogP contribution in [0.2, 0.25) is 0 Å². The van der Waals surface area contributed by atoms with Crippen LogP contribution in [-0.4, -0.2) is 31.3 Å². The number of amides is 1. The van der Waals surface area contributed by atoms with E-state index in [0.717, 1.165) is 18.4 Å². The zero-order valence-electron chi connectivity index (χ0n) is 17.1. The van der Waals surface area contributed by atoms with Gasteiger partial charge in [-0.15, -0.1) is 0 Å². The Hall–Kier alpha value is -2.80. The maximum atomic E-state index is 12.5. The highest BCUT2D eigenvalue weighted by Gasteiger charge is 2.13. The number of carbonyl (C=O) groups is 1. The van der Waals surface area contributed by atoms with Gasteiger partial charge < -0.3 is 19.5 Å². The minimum atomic E-state index is -0.310. The van der Waals surface area contributed by atoms with Gasteiger partial charge in [-0.1, -0.05) is 32.0 Å². The summed E-state index contributed by atoms with van der Waals surface area (Å²) < 4.78 is 16.7. The summed E-state index contributed by atoms with van der Waals surface area (Å²) in [5.41, 5.74) is 1.40. The van der Waals surface area contributed by atoms with Crippen LogP contribution in [0.4, 0.5) is 0 Å². The number of carbonyl (C=O) groups excluding carboxylic acids is 1. The first-order chi connectivity index (χ1) is 14.1. The molecule has 2 N–H and O–H groups in total. The van der Waals surface area contributed by atoms with Crippen molar-refractivity contribution in [2.24, 2.45) is 0 Å². The van der Waals surface area contributed by atoms with Crippen molar-refractivity contribution in [1.82, 2.24) is 10.6 Å². The van der Waals surface area contributed by atoms with Crippen LogP contribution >= 0.6 is 12.2 Å². The smallest absolute Gasteiger partial charge is 0.261 e. The number of ether oxygens (including phenoxy) is 3. The largest absolute Gasteiger partial charge is 0.493 e. The number of rotatable bonds is 10. The number of hydrogen-bond acceptors (Lipinski definition) is 5. The molecule has 2 aromatic carbocycles. The Labute approximate surface area is 177 Å². The zero-order valence-corrected chi connectivity index (χ0v) is 17.9. The maximum Gasteiger partial charge on any atom is 0.261 e. The molecule has 1 amide bonds. The molecule has 6 nitrogen and oxygen atoms in total. The number of hydrogen-bond donors (Lipinski definition) is 2. The van der Waals surface area contributed by atoms with E-state index in [-0.39, 0.29) is 11.0 Å². The van der Waals surface area contributed by atoms with Crippen LogP contribution in [0.25, 0.3) is 0 Å².